The molecule has 0 spiro atoms. The smallest absolute Gasteiger partial charge is 0.263 e. The minimum Gasteiger partial charge on any atom is -0.382 e. The van der Waals surface area contributed by atoms with Gasteiger partial charge in [-0.2, -0.15) is 21.5 Å². The molecule has 0 fully saturated rings. The van der Waals surface area contributed by atoms with Crippen molar-refractivity contribution in [1.29, 1.82) is 0 Å². The molecule has 0 atom stereocenters. The Morgan fingerprint density at radius 2 is 1.09 bits per heavy atom. The molecule has 0 bridgehead atoms. The summed E-state index contributed by atoms with van der Waals surface area (Å²) in [6.07, 6.45) is 0. The maximum Gasteiger partial charge on any atom is 0.263 e. The Labute approximate surface area is 392 Å². The third-order valence-corrected chi connectivity index (χ3v) is 15.1. The van der Waals surface area contributed by atoms with E-state index in [2.05, 4.69) is 35.2 Å². The number of anilines is 4. The summed E-state index contributed by atoms with van der Waals surface area (Å²) in [5, 5.41) is 20.3. The lowest BCUT2D eigenvalue weighted by molar-refractivity contribution is 0.102. The second-order valence-electron chi connectivity index (χ2n) is 13.8. The van der Waals surface area contributed by atoms with Gasteiger partial charge in [0, 0.05) is 38.7 Å². The summed E-state index contributed by atoms with van der Waals surface area (Å²) >= 11 is 25.3. The number of carbonyl (C=O) groups excluding carboxylic acids is 1. The van der Waals surface area contributed by atoms with Crippen LogP contribution in [0.25, 0.3) is 44.1 Å². The number of nitrogens with zero attached hydrogens (tertiary/aromatic N) is 2. The number of amides is 1. The number of hydrogen-bond donors (Lipinski definition) is 6. The Kier molecular flexibility index (Phi) is 12.8. The van der Waals surface area contributed by atoms with E-state index in [1.165, 1.54) is 72.0 Å². The fourth-order valence-corrected chi connectivity index (χ4v) is 10.8. The zero-order valence-electron chi connectivity index (χ0n) is 32.6. The molecule has 9 rings (SSSR count). The zero-order valence-corrected chi connectivity index (χ0v) is 38.1. The molecule has 0 saturated heterocycles. The van der Waals surface area contributed by atoms with Crippen LogP contribution in [0.2, 0.25) is 20.1 Å². The number of fused-ring (bicyclic) bond motifs is 2. The molecule has 0 aliphatic heterocycles. The number of thiophene rings is 1. The van der Waals surface area contributed by atoms with Crippen LogP contribution in [-0.2, 0) is 20.0 Å². The number of hydrogen-bond acceptors (Lipinski definition) is 9. The third-order valence-electron chi connectivity index (χ3n) is 9.71. The highest BCUT2D eigenvalue weighted by Gasteiger charge is 2.22. The first-order valence-electron chi connectivity index (χ1n) is 18.6. The van der Waals surface area contributed by atoms with E-state index in [-0.39, 0.29) is 75.4 Å². The van der Waals surface area contributed by atoms with Crippen LogP contribution in [0.3, 0.4) is 0 Å². The second kappa shape index (κ2) is 18.3. The number of nitrogens with one attached hydrogen (secondary N) is 5. The number of sulfonamides is 2. The van der Waals surface area contributed by atoms with Crippen molar-refractivity contribution < 1.29 is 30.4 Å². The fourth-order valence-electron chi connectivity index (χ4n) is 6.48. The molecule has 0 saturated carbocycles. The Hall–Kier alpha value is -6.25. The Balaban J connectivity index is 0.000000181. The number of nitrogens with two attached hydrogens (primary N) is 1. The van der Waals surface area contributed by atoms with Gasteiger partial charge in [-0.1, -0.05) is 94.9 Å². The van der Waals surface area contributed by atoms with Crippen LogP contribution in [0.4, 0.5) is 31.8 Å². The number of aromatic nitrogens is 4. The molecule has 330 valence electrons. The maximum atomic E-state index is 15.3. The molecule has 0 aliphatic rings. The summed E-state index contributed by atoms with van der Waals surface area (Å²) in [5.74, 6) is -0.960. The molecule has 1 amide bonds. The number of benzene rings is 6. The van der Waals surface area contributed by atoms with Gasteiger partial charge in [-0.05, 0) is 83.2 Å². The van der Waals surface area contributed by atoms with Crippen LogP contribution < -0.4 is 20.5 Å². The molecule has 65 heavy (non-hydrogen) atoms. The Morgan fingerprint density at radius 3 is 1.58 bits per heavy atom. The van der Waals surface area contributed by atoms with Crippen LogP contribution in [-0.4, -0.2) is 43.1 Å². The van der Waals surface area contributed by atoms with E-state index in [9.17, 15) is 26.0 Å². The summed E-state index contributed by atoms with van der Waals surface area (Å²) < 4.78 is 85.6. The average Bonchev–Trinajstić information content (AvgIpc) is 4.06. The van der Waals surface area contributed by atoms with Crippen molar-refractivity contribution in [2.45, 2.75) is 9.79 Å². The first-order valence-corrected chi connectivity index (χ1v) is 24.0. The number of halogens is 6. The topological polar surface area (TPSA) is 205 Å². The molecule has 6 aromatic carbocycles. The SMILES string of the molecule is Nc1n[nH]c2c(F)c(-c3ccc(NS(=O)(=O)c4cccc(Cl)c4Cl)cc3)ccc12.O=C(Nc1n[nH]c2c(F)c(-c3ccc(NS(=O)(=O)c4cccc(Cl)c4Cl)cc3)ccc12)c1ccsc1. The van der Waals surface area contributed by atoms with Gasteiger partial charge in [0.2, 0.25) is 0 Å². The highest BCUT2D eigenvalue weighted by Crippen LogP contribution is 2.35. The average molecular weight is 1010 g/mol. The molecule has 0 radical (unpaired) electrons. The van der Waals surface area contributed by atoms with Gasteiger partial charge in [0.25, 0.3) is 26.0 Å². The van der Waals surface area contributed by atoms with E-state index in [0.29, 0.717) is 33.0 Å². The standard InChI is InChI=1S/C24H15Cl2FN4O3S2.C19H13Cl2FN4O2S/c25-18-2-1-3-19(20(18)26)36(33,34)31-15-6-4-13(5-7-15)16-8-9-17-22(21(16)27)29-30-23(17)28-24(32)14-10-11-35-12-14;20-14-2-1-3-15(16(14)21)29(27,28)26-11-6-4-10(5-7-11)12-8-9-13-18(17(12)22)24-25-19(13)23/h1-12,31H,(H2,28,29,30,32);1-9,26H,(H3,23,24,25). The van der Waals surface area contributed by atoms with E-state index < -0.39 is 31.7 Å². The lowest BCUT2D eigenvalue weighted by atomic mass is 10.0. The summed E-state index contributed by atoms with van der Waals surface area (Å²) in [5.41, 5.74) is 8.73. The molecule has 22 heteroatoms. The van der Waals surface area contributed by atoms with Gasteiger partial charge in [-0.3, -0.25) is 24.4 Å². The molecule has 9 aromatic rings. The molecule has 3 heterocycles. The quantitative estimate of drug-likeness (QED) is 0.0776. The number of carbonyl (C=O) groups is 1. The Bertz CT molecular complexity index is 3500. The largest absolute Gasteiger partial charge is 0.382 e. The summed E-state index contributed by atoms with van der Waals surface area (Å²) in [7, 11) is -7.94. The van der Waals surface area contributed by atoms with Gasteiger partial charge in [0.1, 0.15) is 20.8 Å². The number of rotatable bonds is 10. The van der Waals surface area contributed by atoms with Crippen molar-refractivity contribution in [1.82, 2.24) is 20.4 Å². The van der Waals surface area contributed by atoms with E-state index in [1.54, 1.807) is 65.4 Å². The number of nitrogen functional groups attached to an aromatic ring is 1. The van der Waals surface area contributed by atoms with E-state index in [4.69, 9.17) is 52.1 Å². The first-order chi connectivity index (χ1) is 31.0. The van der Waals surface area contributed by atoms with Gasteiger partial charge in [-0.25, -0.2) is 25.6 Å². The third kappa shape index (κ3) is 9.32. The predicted molar refractivity (Wildman–Crippen MR) is 254 cm³/mol. The monoisotopic (exact) mass is 1010 g/mol. The zero-order chi connectivity index (χ0) is 46.2. The van der Waals surface area contributed by atoms with Crippen molar-refractivity contribution in [2.75, 3.05) is 20.5 Å². The van der Waals surface area contributed by atoms with Crippen molar-refractivity contribution >= 4 is 129 Å². The van der Waals surface area contributed by atoms with Crippen molar-refractivity contribution in [3.63, 3.8) is 0 Å². The summed E-state index contributed by atoms with van der Waals surface area (Å²) in [4.78, 5) is 12.0. The van der Waals surface area contributed by atoms with Crippen LogP contribution in [0.1, 0.15) is 10.4 Å². The highest BCUT2D eigenvalue weighted by molar-refractivity contribution is 7.93. The van der Waals surface area contributed by atoms with Crippen LogP contribution in [0.5, 0.6) is 0 Å². The molecular weight excluding hydrogens is 985 g/mol. The van der Waals surface area contributed by atoms with Gasteiger partial charge >= 0.3 is 0 Å². The molecule has 3 aromatic heterocycles. The lowest BCUT2D eigenvalue weighted by Gasteiger charge is -2.11. The maximum absolute atomic E-state index is 15.3. The lowest BCUT2D eigenvalue weighted by Crippen LogP contribution is -2.13. The van der Waals surface area contributed by atoms with Crippen molar-refractivity contribution in [2.24, 2.45) is 0 Å². The molecule has 13 nitrogen and oxygen atoms in total. The van der Waals surface area contributed by atoms with Crippen LogP contribution in [0.15, 0.2) is 136 Å². The second-order valence-corrected chi connectivity index (χ2v) is 19.5. The summed E-state index contributed by atoms with van der Waals surface area (Å²) in [6.45, 7) is 0. The minimum atomic E-state index is -3.99. The highest BCUT2D eigenvalue weighted by atomic mass is 35.5. The Morgan fingerprint density at radius 1 is 0.615 bits per heavy atom. The molecule has 0 aliphatic carbocycles. The van der Waals surface area contributed by atoms with Gasteiger partial charge in [0.05, 0.1) is 25.7 Å². The van der Waals surface area contributed by atoms with E-state index in [0.717, 1.165) is 0 Å². The predicted octanol–water partition coefficient (Wildman–Crippen LogP) is 11.8. The fraction of sp³-hybridized carbons (Fsp3) is 0. The van der Waals surface area contributed by atoms with Crippen LogP contribution in [0, 0.1) is 11.6 Å². The molecule has 7 N–H and O–H groups in total. The van der Waals surface area contributed by atoms with Crippen LogP contribution >= 0.6 is 57.7 Å². The number of H-pyrrole nitrogens is 2. The van der Waals surface area contributed by atoms with E-state index in [1.807, 2.05) is 0 Å². The van der Waals surface area contributed by atoms with Gasteiger partial charge < -0.3 is 11.1 Å². The normalized spacial score (nSPS) is 11.6. The first kappa shape index (κ1) is 45.3. The van der Waals surface area contributed by atoms with Gasteiger partial charge in [0.15, 0.2) is 23.3 Å². The van der Waals surface area contributed by atoms with Crippen molar-refractivity contribution in [3.05, 3.63) is 163 Å². The van der Waals surface area contributed by atoms with E-state index >= 15 is 4.39 Å². The molecule has 0 unspecified atom stereocenters. The number of aromatic amines is 2. The van der Waals surface area contributed by atoms with Gasteiger partial charge in [-0.15, -0.1) is 0 Å². The van der Waals surface area contributed by atoms with Crippen molar-refractivity contribution in [3.8, 4) is 22.3 Å². The minimum absolute atomic E-state index is 0.0625. The molecular formula is C43H28Cl4F2N8O5S3. The summed E-state index contributed by atoms with van der Waals surface area (Å²) in [6, 6.07) is 29.2.